The Morgan fingerprint density at radius 2 is 1.93 bits per heavy atom. The Morgan fingerprint density at radius 3 is 2.68 bits per heavy atom. The molecule has 0 aromatic heterocycles. The fraction of sp³-hybridized carbons (Fsp3) is 0.300. The van der Waals surface area contributed by atoms with Gasteiger partial charge in [-0.15, -0.1) is 0 Å². The van der Waals surface area contributed by atoms with Gasteiger partial charge in [-0.25, -0.2) is 0 Å². The summed E-state index contributed by atoms with van der Waals surface area (Å²) in [7, 11) is 0. The second kappa shape index (κ2) is 9.78. The van der Waals surface area contributed by atoms with E-state index in [1.165, 1.54) is 0 Å². The summed E-state index contributed by atoms with van der Waals surface area (Å²) in [5.41, 5.74) is 1.76. The third-order valence-electron chi connectivity index (χ3n) is 4.30. The lowest BCUT2D eigenvalue weighted by Gasteiger charge is -2.12. The zero-order valence-corrected chi connectivity index (χ0v) is 16.6. The van der Waals surface area contributed by atoms with Gasteiger partial charge in [0.1, 0.15) is 0 Å². The number of carbonyl (C=O) groups excluding carboxylic acids is 2. The van der Waals surface area contributed by atoms with Gasteiger partial charge in [-0.3, -0.25) is 9.59 Å². The van der Waals surface area contributed by atoms with E-state index < -0.39 is 0 Å². The summed E-state index contributed by atoms with van der Waals surface area (Å²) >= 11 is 11.8. The first kappa shape index (κ1) is 20.5. The van der Waals surface area contributed by atoms with Crippen molar-refractivity contribution in [2.24, 2.45) is 0 Å². The molecule has 0 saturated carbocycles. The van der Waals surface area contributed by atoms with E-state index in [-0.39, 0.29) is 24.5 Å². The molecule has 148 valence electrons. The van der Waals surface area contributed by atoms with Crippen molar-refractivity contribution in [1.82, 2.24) is 5.32 Å². The molecule has 28 heavy (non-hydrogen) atoms. The molecule has 1 fully saturated rings. The summed E-state index contributed by atoms with van der Waals surface area (Å²) in [6, 6.07) is 11.9. The van der Waals surface area contributed by atoms with Gasteiger partial charge in [-0.2, -0.15) is 0 Å². The van der Waals surface area contributed by atoms with Crippen molar-refractivity contribution >= 4 is 46.4 Å². The van der Waals surface area contributed by atoms with Gasteiger partial charge in [-0.05, 0) is 49.2 Å². The quantitative estimate of drug-likeness (QED) is 0.631. The van der Waals surface area contributed by atoms with Crippen molar-refractivity contribution in [3.05, 3.63) is 58.1 Å². The van der Waals surface area contributed by atoms with Crippen molar-refractivity contribution in [2.75, 3.05) is 30.3 Å². The zero-order chi connectivity index (χ0) is 19.9. The molecule has 1 aliphatic heterocycles. The molecule has 1 atom stereocenters. The van der Waals surface area contributed by atoms with Gasteiger partial charge in [0.05, 0.1) is 22.7 Å². The molecule has 1 aliphatic rings. The Morgan fingerprint density at radius 1 is 1.07 bits per heavy atom. The van der Waals surface area contributed by atoms with Gasteiger partial charge < -0.3 is 20.7 Å². The summed E-state index contributed by atoms with van der Waals surface area (Å²) < 4.78 is 5.50. The molecule has 1 saturated heterocycles. The minimum atomic E-state index is -0.244. The van der Waals surface area contributed by atoms with Crippen LogP contribution in [0.25, 0.3) is 0 Å². The number of nitrogens with one attached hydrogen (secondary N) is 3. The maximum atomic E-state index is 12.3. The average molecular weight is 422 g/mol. The molecule has 2 aromatic rings. The summed E-state index contributed by atoms with van der Waals surface area (Å²) in [6.45, 7) is 1.30. The van der Waals surface area contributed by atoms with Crippen LogP contribution in [-0.4, -0.2) is 37.6 Å². The number of anilines is 2. The lowest BCUT2D eigenvalue weighted by atomic mass is 10.1. The van der Waals surface area contributed by atoms with E-state index in [1.807, 2.05) is 0 Å². The number of benzene rings is 2. The highest BCUT2D eigenvalue weighted by atomic mass is 35.5. The Hall–Kier alpha value is -2.28. The van der Waals surface area contributed by atoms with Crippen LogP contribution in [0.4, 0.5) is 11.4 Å². The third kappa shape index (κ3) is 5.86. The van der Waals surface area contributed by atoms with Crippen molar-refractivity contribution in [2.45, 2.75) is 18.9 Å². The van der Waals surface area contributed by atoms with Gasteiger partial charge in [0.15, 0.2) is 0 Å². The van der Waals surface area contributed by atoms with Gasteiger partial charge in [-0.1, -0.05) is 29.3 Å². The van der Waals surface area contributed by atoms with Crippen LogP contribution in [0.1, 0.15) is 23.2 Å². The molecule has 0 aliphatic carbocycles. The highest BCUT2D eigenvalue weighted by Crippen LogP contribution is 2.25. The molecule has 3 N–H and O–H groups in total. The van der Waals surface area contributed by atoms with Crippen LogP contribution in [0.15, 0.2) is 42.5 Å². The van der Waals surface area contributed by atoms with E-state index in [4.69, 9.17) is 27.9 Å². The van der Waals surface area contributed by atoms with E-state index in [0.29, 0.717) is 33.5 Å². The summed E-state index contributed by atoms with van der Waals surface area (Å²) in [4.78, 5) is 24.4. The van der Waals surface area contributed by atoms with Crippen molar-refractivity contribution < 1.29 is 14.3 Å². The summed E-state index contributed by atoms with van der Waals surface area (Å²) in [5, 5.41) is 9.41. The monoisotopic (exact) mass is 421 g/mol. The molecule has 3 rings (SSSR count). The van der Waals surface area contributed by atoms with Crippen LogP contribution >= 0.6 is 23.2 Å². The maximum absolute atomic E-state index is 12.3. The first-order chi connectivity index (χ1) is 13.5. The van der Waals surface area contributed by atoms with Crippen LogP contribution in [0.2, 0.25) is 10.0 Å². The Balaban J connectivity index is 1.50. The number of amides is 2. The van der Waals surface area contributed by atoms with E-state index >= 15 is 0 Å². The largest absolute Gasteiger partial charge is 0.376 e. The van der Waals surface area contributed by atoms with Crippen LogP contribution in [-0.2, 0) is 9.53 Å². The molecule has 1 unspecified atom stereocenters. The van der Waals surface area contributed by atoms with Crippen LogP contribution < -0.4 is 16.0 Å². The van der Waals surface area contributed by atoms with Gasteiger partial charge in [0, 0.05) is 30.1 Å². The predicted molar refractivity (Wildman–Crippen MR) is 111 cm³/mol. The Bertz CT molecular complexity index is 854. The zero-order valence-electron chi connectivity index (χ0n) is 15.1. The van der Waals surface area contributed by atoms with E-state index in [1.54, 1.807) is 42.5 Å². The SMILES string of the molecule is O=C(CNc1cccc(C(=O)NCC2CCCO2)c1)Nc1ccc(Cl)c(Cl)c1. The first-order valence-electron chi connectivity index (χ1n) is 9.00. The number of ether oxygens (including phenoxy) is 1. The van der Waals surface area contributed by atoms with Crippen LogP contribution in [0.3, 0.4) is 0 Å². The molecule has 0 bridgehead atoms. The molecule has 6 nitrogen and oxygen atoms in total. The number of hydrogen-bond acceptors (Lipinski definition) is 4. The molecule has 0 spiro atoms. The topological polar surface area (TPSA) is 79.5 Å². The Labute approximate surface area is 173 Å². The lowest BCUT2D eigenvalue weighted by molar-refractivity contribution is -0.114. The molecule has 1 heterocycles. The number of hydrogen-bond donors (Lipinski definition) is 3. The number of carbonyl (C=O) groups is 2. The minimum absolute atomic E-state index is 0.0429. The second-order valence-electron chi connectivity index (χ2n) is 6.46. The Kier molecular flexibility index (Phi) is 7.14. The molecule has 2 amide bonds. The third-order valence-corrected chi connectivity index (χ3v) is 5.03. The second-order valence-corrected chi connectivity index (χ2v) is 7.27. The molecule has 8 heteroatoms. The molecule has 2 aromatic carbocycles. The number of rotatable bonds is 7. The van der Waals surface area contributed by atoms with Gasteiger partial charge in [0.25, 0.3) is 5.91 Å². The smallest absolute Gasteiger partial charge is 0.251 e. The van der Waals surface area contributed by atoms with Crippen LogP contribution in [0, 0.1) is 0 Å². The molecule has 0 radical (unpaired) electrons. The van der Waals surface area contributed by atoms with Gasteiger partial charge in [0.2, 0.25) is 5.91 Å². The first-order valence-corrected chi connectivity index (χ1v) is 9.75. The highest BCUT2D eigenvalue weighted by Gasteiger charge is 2.16. The normalized spacial score (nSPS) is 15.9. The van der Waals surface area contributed by atoms with Crippen molar-refractivity contribution in [1.29, 1.82) is 0 Å². The van der Waals surface area contributed by atoms with Crippen molar-refractivity contribution in [3.63, 3.8) is 0 Å². The number of halogens is 2. The van der Waals surface area contributed by atoms with E-state index in [0.717, 1.165) is 19.4 Å². The predicted octanol–water partition coefficient (Wildman–Crippen LogP) is 3.95. The minimum Gasteiger partial charge on any atom is -0.376 e. The van der Waals surface area contributed by atoms with Crippen LogP contribution in [0.5, 0.6) is 0 Å². The summed E-state index contributed by atoms with van der Waals surface area (Å²) in [6.07, 6.45) is 2.09. The van der Waals surface area contributed by atoms with Gasteiger partial charge >= 0.3 is 0 Å². The fourth-order valence-corrected chi connectivity index (χ4v) is 3.14. The highest BCUT2D eigenvalue weighted by molar-refractivity contribution is 6.42. The van der Waals surface area contributed by atoms with Crippen molar-refractivity contribution in [3.8, 4) is 0 Å². The molecular formula is C20H21Cl2N3O3. The summed E-state index contributed by atoms with van der Waals surface area (Å²) in [5.74, 6) is -0.411. The lowest BCUT2D eigenvalue weighted by Crippen LogP contribution is -2.31. The van der Waals surface area contributed by atoms with E-state index in [2.05, 4.69) is 16.0 Å². The average Bonchev–Trinajstić information content (AvgIpc) is 3.21. The standard InChI is InChI=1S/C20H21Cl2N3O3/c21-17-7-6-15(10-18(17)22)25-19(26)12-23-14-4-1-3-13(9-14)20(27)24-11-16-5-2-8-28-16/h1,3-4,6-7,9-10,16,23H,2,5,8,11-12H2,(H,24,27)(H,25,26). The van der Waals surface area contributed by atoms with E-state index in [9.17, 15) is 9.59 Å². The molecular weight excluding hydrogens is 401 g/mol. The fourth-order valence-electron chi connectivity index (χ4n) is 2.85. The maximum Gasteiger partial charge on any atom is 0.251 e.